The largest absolute Gasteiger partial charge is 0.326 e. The highest BCUT2D eigenvalue weighted by Crippen LogP contribution is 2.08. The molecular weight excluding hydrogens is 268 g/mol. The summed E-state index contributed by atoms with van der Waals surface area (Å²) < 4.78 is 0. The molecule has 1 rings (SSSR count). The Hall–Kier alpha value is -0.280. The molecule has 2 nitrogen and oxygen atoms in total. The Bertz CT molecular complexity index is 318. The van der Waals surface area contributed by atoms with Gasteiger partial charge in [0.1, 0.15) is 0 Å². The predicted octanol–water partition coefficient (Wildman–Crippen LogP) is 3.19. The molecule has 2 N–H and O–H groups in total. The monoisotopic (exact) mass is 283 g/mol. The molecule has 1 aromatic carbocycles. The number of carbonyl (C=O) groups excluding carboxylic acids is 1. The second kappa shape index (κ2) is 9.91. The summed E-state index contributed by atoms with van der Waals surface area (Å²) in [4.78, 5) is 11.6. The van der Waals surface area contributed by atoms with Gasteiger partial charge in [0.15, 0.2) is 5.78 Å². The van der Waals surface area contributed by atoms with Crippen molar-refractivity contribution in [3.8, 4) is 0 Å². The molecule has 0 heterocycles. The van der Waals surface area contributed by atoms with Gasteiger partial charge in [-0.2, -0.15) is 0 Å². The number of rotatable bonds is 5. The van der Waals surface area contributed by atoms with Crippen LogP contribution in [0.3, 0.4) is 0 Å². The summed E-state index contributed by atoms with van der Waals surface area (Å²) in [6.45, 7) is 0.469. The van der Waals surface area contributed by atoms with Crippen LogP contribution in [0, 0.1) is 0 Å². The van der Waals surface area contributed by atoms with Gasteiger partial charge in [-0.1, -0.05) is 18.2 Å². The maximum atomic E-state index is 11.6. The maximum absolute atomic E-state index is 11.6. The molecule has 1 aromatic rings. The van der Waals surface area contributed by atoms with E-state index >= 15 is 0 Å². The molecule has 0 amide bonds. The highest BCUT2D eigenvalue weighted by Gasteiger charge is 2.04. The minimum atomic E-state index is 0. The first-order valence-corrected chi connectivity index (χ1v) is 5.19. The molecule has 0 aliphatic rings. The number of hydrogen-bond donors (Lipinski definition) is 1. The summed E-state index contributed by atoms with van der Waals surface area (Å²) in [5.74, 6) is 0.670. The number of ketones is 1. The van der Waals surface area contributed by atoms with Gasteiger partial charge in [0.25, 0.3) is 0 Å². The fourth-order valence-corrected chi connectivity index (χ4v) is 1.38. The molecule has 0 aromatic heterocycles. The summed E-state index contributed by atoms with van der Waals surface area (Å²) in [6, 6.07) is 7.43. The zero-order chi connectivity index (χ0) is 10.4. The van der Waals surface area contributed by atoms with E-state index in [0.717, 1.165) is 17.5 Å². The lowest BCUT2D eigenvalue weighted by Crippen LogP contribution is -2.02. The normalized spacial score (nSPS) is 8.88. The molecule has 0 saturated heterocycles. The Morgan fingerprint density at radius 1 is 1.31 bits per heavy atom. The van der Waals surface area contributed by atoms with Crippen molar-refractivity contribution in [1.82, 2.24) is 0 Å². The fourth-order valence-electron chi connectivity index (χ4n) is 1.24. The first kappa shape index (κ1) is 18.1. The van der Waals surface area contributed by atoms with Gasteiger partial charge in [0.2, 0.25) is 0 Å². The molecule has 16 heavy (non-hydrogen) atoms. The zero-order valence-electron chi connectivity index (χ0n) is 8.82. The van der Waals surface area contributed by atoms with Gasteiger partial charge in [0, 0.05) is 24.4 Å². The third-order valence-corrected chi connectivity index (χ3v) is 2.29. The van der Waals surface area contributed by atoms with Crippen LogP contribution in [0.1, 0.15) is 28.8 Å². The average Bonchev–Trinajstić information content (AvgIpc) is 2.26. The standard InChI is InChI=1S/C11H14ClNO.2ClH/c12-6-2-5-11(14)10-4-1-3-9(7-10)8-13;;/h1,3-4,7H,2,5-6,8,13H2;2*1H. The van der Waals surface area contributed by atoms with Gasteiger partial charge < -0.3 is 5.73 Å². The number of hydrogen-bond acceptors (Lipinski definition) is 2. The Morgan fingerprint density at radius 2 is 2.00 bits per heavy atom. The average molecular weight is 285 g/mol. The van der Waals surface area contributed by atoms with E-state index in [9.17, 15) is 4.79 Å². The molecule has 0 spiro atoms. The maximum Gasteiger partial charge on any atom is 0.162 e. The molecule has 0 radical (unpaired) electrons. The van der Waals surface area contributed by atoms with Gasteiger partial charge in [-0.15, -0.1) is 36.4 Å². The van der Waals surface area contributed by atoms with Crippen LogP contribution in [0.25, 0.3) is 0 Å². The van der Waals surface area contributed by atoms with Gasteiger partial charge >= 0.3 is 0 Å². The third-order valence-electron chi connectivity index (χ3n) is 2.02. The van der Waals surface area contributed by atoms with E-state index in [-0.39, 0.29) is 30.6 Å². The number of benzene rings is 1. The van der Waals surface area contributed by atoms with Crippen LogP contribution in [-0.4, -0.2) is 11.7 Å². The van der Waals surface area contributed by atoms with Crippen molar-refractivity contribution in [3.05, 3.63) is 35.4 Å². The smallest absolute Gasteiger partial charge is 0.162 e. The number of halogens is 3. The van der Waals surface area contributed by atoms with Crippen LogP contribution >= 0.6 is 36.4 Å². The Kier molecular flexibility index (Phi) is 11.2. The highest BCUT2D eigenvalue weighted by molar-refractivity contribution is 6.18. The lowest BCUT2D eigenvalue weighted by Gasteiger charge is -2.01. The fraction of sp³-hybridized carbons (Fsp3) is 0.364. The van der Waals surface area contributed by atoms with Crippen LogP contribution in [0.2, 0.25) is 0 Å². The number of nitrogens with two attached hydrogens (primary N) is 1. The van der Waals surface area contributed by atoms with E-state index in [1.165, 1.54) is 0 Å². The second-order valence-electron chi connectivity index (χ2n) is 3.12. The topological polar surface area (TPSA) is 43.1 Å². The molecule has 0 unspecified atom stereocenters. The molecular formula is C11H16Cl3NO. The summed E-state index contributed by atoms with van der Waals surface area (Å²) in [6.07, 6.45) is 1.24. The van der Waals surface area contributed by atoms with Crippen molar-refractivity contribution in [2.24, 2.45) is 5.73 Å². The number of carbonyl (C=O) groups is 1. The summed E-state index contributed by atoms with van der Waals surface area (Å²) in [7, 11) is 0. The SMILES string of the molecule is Cl.Cl.NCc1cccc(C(=O)CCCCl)c1. The lowest BCUT2D eigenvalue weighted by atomic mass is 10.0. The zero-order valence-corrected chi connectivity index (χ0v) is 11.2. The van der Waals surface area contributed by atoms with Crippen molar-refractivity contribution in [3.63, 3.8) is 0 Å². The summed E-state index contributed by atoms with van der Waals surface area (Å²) in [5.41, 5.74) is 7.21. The van der Waals surface area contributed by atoms with E-state index in [0.29, 0.717) is 18.8 Å². The Labute approximate surface area is 113 Å². The lowest BCUT2D eigenvalue weighted by molar-refractivity contribution is 0.0982. The van der Waals surface area contributed by atoms with Gasteiger partial charge in [-0.25, -0.2) is 0 Å². The summed E-state index contributed by atoms with van der Waals surface area (Å²) >= 11 is 5.52. The minimum absolute atomic E-state index is 0. The molecule has 92 valence electrons. The highest BCUT2D eigenvalue weighted by atomic mass is 35.5. The number of Topliss-reactive ketones (excluding diaryl/α,β-unsaturated/α-hetero) is 1. The third kappa shape index (κ3) is 5.71. The van der Waals surface area contributed by atoms with Crippen LogP contribution in [0.5, 0.6) is 0 Å². The van der Waals surface area contributed by atoms with Crippen LogP contribution < -0.4 is 5.73 Å². The Balaban J connectivity index is 0. The molecule has 0 bridgehead atoms. The molecule has 0 aliphatic carbocycles. The molecule has 0 atom stereocenters. The second-order valence-corrected chi connectivity index (χ2v) is 3.50. The van der Waals surface area contributed by atoms with Crippen LogP contribution in [0.15, 0.2) is 24.3 Å². The van der Waals surface area contributed by atoms with Gasteiger partial charge in [-0.05, 0) is 18.1 Å². The van der Waals surface area contributed by atoms with E-state index in [2.05, 4.69) is 0 Å². The molecule has 0 fully saturated rings. The van der Waals surface area contributed by atoms with Gasteiger partial charge in [0.05, 0.1) is 0 Å². The first-order chi connectivity index (χ1) is 6.77. The van der Waals surface area contributed by atoms with E-state index < -0.39 is 0 Å². The molecule has 0 aliphatic heterocycles. The predicted molar refractivity (Wildman–Crippen MR) is 73.1 cm³/mol. The molecule has 0 saturated carbocycles. The van der Waals surface area contributed by atoms with Crippen molar-refractivity contribution in [2.45, 2.75) is 19.4 Å². The summed E-state index contributed by atoms with van der Waals surface area (Å²) in [5, 5.41) is 0. The van der Waals surface area contributed by atoms with E-state index in [1.54, 1.807) is 0 Å². The quantitative estimate of drug-likeness (QED) is 0.666. The van der Waals surface area contributed by atoms with Gasteiger partial charge in [-0.3, -0.25) is 4.79 Å². The Morgan fingerprint density at radius 3 is 2.56 bits per heavy atom. The first-order valence-electron chi connectivity index (χ1n) is 4.66. The van der Waals surface area contributed by atoms with E-state index in [1.807, 2.05) is 24.3 Å². The minimum Gasteiger partial charge on any atom is -0.326 e. The number of alkyl halides is 1. The van der Waals surface area contributed by atoms with Crippen LogP contribution in [-0.2, 0) is 6.54 Å². The van der Waals surface area contributed by atoms with Crippen molar-refractivity contribution in [2.75, 3.05) is 5.88 Å². The van der Waals surface area contributed by atoms with Crippen molar-refractivity contribution < 1.29 is 4.79 Å². The van der Waals surface area contributed by atoms with E-state index in [4.69, 9.17) is 17.3 Å². The van der Waals surface area contributed by atoms with Crippen molar-refractivity contribution in [1.29, 1.82) is 0 Å². The van der Waals surface area contributed by atoms with Crippen molar-refractivity contribution >= 4 is 42.2 Å². The molecule has 5 heteroatoms. The van der Waals surface area contributed by atoms with Crippen LogP contribution in [0.4, 0.5) is 0 Å².